The molecule has 0 fully saturated rings. The number of nitrogens with zero attached hydrogens (tertiary/aromatic N) is 1. The number of ether oxygens (including phenoxy) is 1. The van der Waals surface area contributed by atoms with Crippen molar-refractivity contribution >= 4 is 21.6 Å². The zero-order chi connectivity index (χ0) is 18.3. The fraction of sp³-hybridized carbons (Fsp3) is 0.176. The monoisotopic (exact) mass is 359 g/mol. The molecule has 2 N–H and O–H groups in total. The molecule has 0 aliphatic carbocycles. The second-order valence-electron chi connectivity index (χ2n) is 5.06. The number of hydrogen-bond acceptors (Lipinski definition) is 5. The van der Waals surface area contributed by atoms with E-state index in [2.05, 4.69) is 10.0 Å². The number of amides is 1. The zero-order valence-corrected chi connectivity index (χ0v) is 14.3. The van der Waals surface area contributed by atoms with Crippen molar-refractivity contribution < 1.29 is 17.9 Å². The highest BCUT2D eigenvalue weighted by Gasteiger charge is 2.14. The van der Waals surface area contributed by atoms with E-state index >= 15 is 0 Å². The second kappa shape index (κ2) is 8.28. The molecule has 2 rings (SSSR count). The van der Waals surface area contributed by atoms with E-state index < -0.39 is 10.0 Å². The Hall–Kier alpha value is -2.89. The van der Waals surface area contributed by atoms with Crippen molar-refractivity contribution in [3.05, 3.63) is 54.1 Å². The molecule has 0 radical (unpaired) electrons. The van der Waals surface area contributed by atoms with Crippen molar-refractivity contribution in [1.29, 1.82) is 5.26 Å². The highest BCUT2D eigenvalue weighted by atomic mass is 32.2. The van der Waals surface area contributed by atoms with Gasteiger partial charge in [-0.1, -0.05) is 0 Å². The Morgan fingerprint density at radius 2 is 1.76 bits per heavy atom. The zero-order valence-electron chi connectivity index (χ0n) is 13.5. The molecule has 0 saturated carbocycles. The van der Waals surface area contributed by atoms with Gasteiger partial charge >= 0.3 is 0 Å². The van der Waals surface area contributed by atoms with Crippen molar-refractivity contribution in [2.45, 2.75) is 11.3 Å². The summed E-state index contributed by atoms with van der Waals surface area (Å²) in [6.45, 7) is -0.0313. The largest absolute Gasteiger partial charge is 0.497 e. The number of nitriles is 1. The maximum atomic E-state index is 12.1. The molecule has 0 unspecified atom stereocenters. The maximum Gasteiger partial charge on any atom is 0.240 e. The van der Waals surface area contributed by atoms with Crippen LogP contribution in [0.1, 0.15) is 12.0 Å². The maximum absolute atomic E-state index is 12.1. The molecule has 0 heterocycles. The first-order valence-corrected chi connectivity index (χ1v) is 8.86. The molecule has 0 aromatic heterocycles. The summed E-state index contributed by atoms with van der Waals surface area (Å²) in [7, 11) is -2.19. The molecule has 0 aliphatic heterocycles. The van der Waals surface area contributed by atoms with Gasteiger partial charge in [0.25, 0.3) is 0 Å². The van der Waals surface area contributed by atoms with E-state index in [1.54, 1.807) is 36.4 Å². The quantitative estimate of drug-likeness (QED) is 0.784. The van der Waals surface area contributed by atoms with Crippen LogP contribution < -0.4 is 14.8 Å². The average Bonchev–Trinajstić information content (AvgIpc) is 2.62. The first-order chi connectivity index (χ1) is 11.9. The standard InChI is InChI=1S/C17H17N3O4S/c1-24-15-6-8-16(9-7-15)25(22,23)19-11-10-17(21)20-14-4-2-13(12-18)3-5-14/h2-9,19H,10-11H2,1H3,(H,20,21). The normalized spacial score (nSPS) is 10.7. The third-order valence-corrected chi connectivity index (χ3v) is 4.79. The predicted octanol–water partition coefficient (Wildman–Crippen LogP) is 1.87. The van der Waals surface area contributed by atoms with Crippen molar-refractivity contribution in [3.8, 4) is 11.8 Å². The number of rotatable bonds is 7. The Kier molecular flexibility index (Phi) is 6.11. The number of carbonyl (C=O) groups is 1. The van der Waals surface area contributed by atoms with Crippen LogP contribution in [0.2, 0.25) is 0 Å². The molecule has 8 heteroatoms. The van der Waals surface area contributed by atoms with E-state index in [4.69, 9.17) is 10.00 Å². The molecule has 2 aromatic rings. The Balaban J connectivity index is 1.85. The third kappa shape index (κ3) is 5.31. The molecular formula is C17H17N3O4S. The van der Waals surface area contributed by atoms with Crippen molar-refractivity contribution in [2.75, 3.05) is 19.0 Å². The predicted molar refractivity (Wildman–Crippen MR) is 92.6 cm³/mol. The SMILES string of the molecule is COc1ccc(S(=O)(=O)NCCC(=O)Nc2ccc(C#N)cc2)cc1. The van der Waals surface area contributed by atoms with Gasteiger partial charge in [0.15, 0.2) is 0 Å². The molecule has 0 atom stereocenters. The molecule has 0 bridgehead atoms. The number of hydrogen-bond donors (Lipinski definition) is 2. The summed E-state index contributed by atoms with van der Waals surface area (Å²) in [4.78, 5) is 11.9. The van der Waals surface area contributed by atoms with Gasteiger partial charge in [0.1, 0.15) is 5.75 Å². The molecule has 2 aromatic carbocycles. The van der Waals surface area contributed by atoms with E-state index in [0.717, 1.165) is 0 Å². The smallest absolute Gasteiger partial charge is 0.240 e. The summed E-state index contributed by atoms with van der Waals surface area (Å²) in [6.07, 6.45) is -0.0185. The Morgan fingerprint density at radius 1 is 1.12 bits per heavy atom. The van der Waals surface area contributed by atoms with E-state index in [1.807, 2.05) is 6.07 Å². The average molecular weight is 359 g/mol. The van der Waals surface area contributed by atoms with Gasteiger partial charge in [-0.2, -0.15) is 5.26 Å². The summed E-state index contributed by atoms with van der Waals surface area (Å²) in [6, 6.07) is 14.3. The molecule has 0 spiro atoms. The molecule has 0 saturated heterocycles. The van der Waals surface area contributed by atoms with Gasteiger partial charge in [0.2, 0.25) is 15.9 Å². The topological polar surface area (TPSA) is 108 Å². The van der Waals surface area contributed by atoms with Crippen LogP contribution in [-0.4, -0.2) is 28.0 Å². The number of anilines is 1. The van der Waals surface area contributed by atoms with Gasteiger partial charge < -0.3 is 10.1 Å². The lowest BCUT2D eigenvalue weighted by molar-refractivity contribution is -0.116. The summed E-state index contributed by atoms with van der Waals surface area (Å²) in [5, 5.41) is 11.4. The van der Waals surface area contributed by atoms with Crippen LogP contribution in [0.4, 0.5) is 5.69 Å². The lowest BCUT2D eigenvalue weighted by Gasteiger charge is -2.08. The minimum Gasteiger partial charge on any atom is -0.497 e. The summed E-state index contributed by atoms with van der Waals surface area (Å²) in [5.41, 5.74) is 1.03. The number of methoxy groups -OCH3 is 1. The summed E-state index contributed by atoms with van der Waals surface area (Å²) >= 11 is 0. The highest BCUT2D eigenvalue weighted by Crippen LogP contribution is 2.15. The molecule has 1 amide bonds. The fourth-order valence-electron chi connectivity index (χ4n) is 1.99. The van der Waals surface area contributed by atoms with Crippen LogP contribution in [0.3, 0.4) is 0 Å². The minimum atomic E-state index is -3.68. The van der Waals surface area contributed by atoms with Crippen molar-refractivity contribution in [3.63, 3.8) is 0 Å². The number of carbonyl (C=O) groups excluding carboxylic acids is 1. The number of benzene rings is 2. The van der Waals surface area contributed by atoms with Crippen LogP contribution in [0, 0.1) is 11.3 Å². The van der Waals surface area contributed by atoms with Gasteiger partial charge in [0, 0.05) is 18.7 Å². The lowest BCUT2D eigenvalue weighted by atomic mass is 10.2. The lowest BCUT2D eigenvalue weighted by Crippen LogP contribution is -2.27. The molecule has 25 heavy (non-hydrogen) atoms. The van der Waals surface area contributed by atoms with E-state index in [1.165, 1.54) is 19.2 Å². The Morgan fingerprint density at radius 3 is 2.32 bits per heavy atom. The fourth-order valence-corrected chi connectivity index (χ4v) is 3.02. The second-order valence-corrected chi connectivity index (χ2v) is 6.83. The first kappa shape index (κ1) is 18.4. The van der Waals surface area contributed by atoms with Gasteiger partial charge in [-0.05, 0) is 48.5 Å². The van der Waals surface area contributed by atoms with Gasteiger partial charge in [-0.25, -0.2) is 13.1 Å². The highest BCUT2D eigenvalue weighted by molar-refractivity contribution is 7.89. The Bertz CT molecular complexity index is 870. The van der Waals surface area contributed by atoms with Crippen molar-refractivity contribution in [1.82, 2.24) is 4.72 Å². The Labute approximate surface area is 146 Å². The number of sulfonamides is 1. The van der Waals surface area contributed by atoms with Crippen LogP contribution in [0.5, 0.6) is 5.75 Å². The van der Waals surface area contributed by atoms with Gasteiger partial charge in [0.05, 0.1) is 23.6 Å². The summed E-state index contributed by atoms with van der Waals surface area (Å²) in [5.74, 6) is 0.225. The van der Waals surface area contributed by atoms with E-state index in [0.29, 0.717) is 17.0 Å². The van der Waals surface area contributed by atoms with Gasteiger partial charge in [-0.3, -0.25) is 4.79 Å². The van der Waals surface area contributed by atoms with E-state index in [-0.39, 0.29) is 23.8 Å². The van der Waals surface area contributed by atoms with E-state index in [9.17, 15) is 13.2 Å². The minimum absolute atomic E-state index is 0.0185. The third-order valence-electron chi connectivity index (χ3n) is 3.31. The van der Waals surface area contributed by atoms with Crippen LogP contribution in [-0.2, 0) is 14.8 Å². The molecular weight excluding hydrogens is 342 g/mol. The van der Waals surface area contributed by atoms with Crippen molar-refractivity contribution in [2.24, 2.45) is 0 Å². The molecule has 0 aliphatic rings. The summed E-state index contributed by atoms with van der Waals surface area (Å²) < 4.78 is 31.6. The number of nitrogens with one attached hydrogen (secondary N) is 2. The van der Waals surface area contributed by atoms with Crippen LogP contribution >= 0.6 is 0 Å². The first-order valence-electron chi connectivity index (χ1n) is 7.38. The van der Waals surface area contributed by atoms with Gasteiger partial charge in [-0.15, -0.1) is 0 Å². The van der Waals surface area contributed by atoms with Crippen LogP contribution in [0.25, 0.3) is 0 Å². The van der Waals surface area contributed by atoms with Crippen LogP contribution in [0.15, 0.2) is 53.4 Å². The molecule has 130 valence electrons. The molecule has 7 nitrogen and oxygen atoms in total.